The number of amides is 1. The van der Waals surface area contributed by atoms with Crippen LogP contribution in [0, 0.1) is 11.3 Å². The van der Waals surface area contributed by atoms with Crippen LogP contribution >= 0.6 is 15.9 Å². The van der Waals surface area contributed by atoms with Gasteiger partial charge in [-0.3, -0.25) is 4.79 Å². The van der Waals surface area contributed by atoms with E-state index in [1.807, 2.05) is 30.3 Å². The minimum atomic E-state index is -0.226. The molecule has 1 amide bonds. The minimum Gasteiger partial charge on any atom is -0.354 e. The predicted octanol–water partition coefficient (Wildman–Crippen LogP) is 2.76. The first kappa shape index (κ1) is 13.7. The number of rotatable bonds is 4. The fourth-order valence-electron chi connectivity index (χ4n) is 1.47. The SMILES string of the molecule is CC(C)(CNC(=O)CC#N)c1cccc(Br)c1. The smallest absolute Gasteiger partial charge is 0.234 e. The maximum atomic E-state index is 11.2. The molecule has 0 atom stereocenters. The van der Waals surface area contributed by atoms with Gasteiger partial charge in [-0.15, -0.1) is 0 Å². The first-order valence-corrected chi connectivity index (χ1v) is 6.15. The summed E-state index contributed by atoms with van der Waals surface area (Å²) < 4.78 is 1.02. The molecule has 0 spiro atoms. The summed E-state index contributed by atoms with van der Waals surface area (Å²) in [5.41, 5.74) is 0.985. The molecule has 0 saturated carbocycles. The normalized spacial score (nSPS) is 10.7. The molecule has 0 aliphatic rings. The molecule has 0 unspecified atom stereocenters. The first-order chi connectivity index (χ1) is 7.95. The number of carbonyl (C=O) groups excluding carboxylic acids is 1. The van der Waals surface area contributed by atoms with Crippen LogP contribution in [0.4, 0.5) is 0 Å². The molecular formula is C13H15BrN2O. The average molecular weight is 295 g/mol. The molecule has 90 valence electrons. The van der Waals surface area contributed by atoms with E-state index < -0.39 is 0 Å². The van der Waals surface area contributed by atoms with E-state index >= 15 is 0 Å². The van der Waals surface area contributed by atoms with Crippen LogP contribution in [0.25, 0.3) is 0 Å². The van der Waals surface area contributed by atoms with E-state index in [1.165, 1.54) is 0 Å². The monoisotopic (exact) mass is 294 g/mol. The third-order valence-corrected chi connectivity index (χ3v) is 3.07. The molecule has 3 nitrogen and oxygen atoms in total. The molecule has 4 heteroatoms. The first-order valence-electron chi connectivity index (χ1n) is 5.35. The van der Waals surface area contributed by atoms with Crippen LogP contribution in [-0.2, 0) is 10.2 Å². The van der Waals surface area contributed by atoms with Gasteiger partial charge in [-0.1, -0.05) is 41.9 Å². The van der Waals surface area contributed by atoms with Crippen LogP contribution in [0.1, 0.15) is 25.8 Å². The Hall–Kier alpha value is -1.34. The van der Waals surface area contributed by atoms with Crippen molar-refractivity contribution in [3.63, 3.8) is 0 Å². The Morgan fingerprint density at radius 2 is 2.24 bits per heavy atom. The fourth-order valence-corrected chi connectivity index (χ4v) is 1.86. The van der Waals surface area contributed by atoms with Gasteiger partial charge in [0.15, 0.2) is 0 Å². The Balaban J connectivity index is 2.69. The topological polar surface area (TPSA) is 52.9 Å². The van der Waals surface area contributed by atoms with Crippen LogP contribution in [-0.4, -0.2) is 12.5 Å². The summed E-state index contributed by atoms with van der Waals surface area (Å²) in [6, 6.07) is 9.84. The Labute approximate surface area is 110 Å². The van der Waals surface area contributed by atoms with Crippen molar-refractivity contribution in [1.29, 1.82) is 5.26 Å². The third-order valence-electron chi connectivity index (χ3n) is 2.57. The number of carbonyl (C=O) groups is 1. The van der Waals surface area contributed by atoms with E-state index in [0.717, 1.165) is 10.0 Å². The zero-order chi connectivity index (χ0) is 12.9. The Bertz CT molecular complexity index is 449. The minimum absolute atomic E-state index is 0.0887. The number of nitrogens with one attached hydrogen (secondary N) is 1. The van der Waals surface area contributed by atoms with Gasteiger partial charge in [-0.25, -0.2) is 0 Å². The highest BCUT2D eigenvalue weighted by Gasteiger charge is 2.21. The van der Waals surface area contributed by atoms with Crippen LogP contribution in [0.5, 0.6) is 0 Å². The lowest BCUT2D eigenvalue weighted by molar-refractivity contribution is -0.120. The van der Waals surface area contributed by atoms with Gasteiger partial charge >= 0.3 is 0 Å². The summed E-state index contributed by atoms with van der Waals surface area (Å²) >= 11 is 3.43. The van der Waals surface area contributed by atoms with E-state index in [9.17, 15) is 4.79 Å². The maximum absolute atomic E-state index is 11.2. The zero-order valence-electron chi connectivity index (χ0n) is 9.96. The summed E-state index contributed by atoms with van der Waals surface area (Å²) in [6.45, 7) is 4.63. The molecule has 1 N–H and O–H groups in total. The van der Waals surface area contributed by atoms with E-state index in [-0.39, 0.29) is 17.7 Å². The van der Waals surface area contributed by atoms with Crippen molar-refractivity contribution >= 4 is 21.8 Å². The average Bonchev–Trinajstić information content (AvgIpc) is 2.27. The number of benzene rings is 1. The number of hydrogen-bond acceptors (Lipinski definition) is 2. The molecule has 0 aromatic heterocycles. The highest BCUT2D eigenvalue weighted by atomic mass is 79.9. The van der Waals surface area contributed by atoms with Gasteiger partial charge in [-0.2, -0.15) is 5.26 Å². The third kappa shape index (κ3) is 4.20. The van der Waals surface area contributed by atoms with Crippen molar-refractivity contribution in [3.05, 3.63) is 34.3 Å². The zero-order valence-corrected chi connectivity index (χ0v) is 11.5. The quantitative estimate of drug-likeness (QED) is 0.928. The standard InChI is InChI=1S/C13H15BrN2O/c1-13(2,9-16-12(17)6-7-15)10-4-3-5-11(14)8-10/h3-5,8H,6,9H2,1-2H3,(H,16,17). The Morgan fingerprint density at radius 3 is 2.82 bits per heavy atom. The van der Waals surface area contributed by atoms with Crippen LogP contribution in [0.15, 0.2) is 28.7 Å². The summed E-state index contributed by atoms with van der Waals surface area (Å²) in [5.74, 6) is -0.226. The van der Waals surface area contributed by atoms with Crippen LogP contribution in [0.2, 0.25) is 0 Å². The lowest BCUT2D eigenvalue weighted by Gasteiger charge is -2.25. The van der Waals surface area contributed by atoms with E-state index in [1.54, 1.807) is 0 Å². The van der Waals surface area contributed by atoms with E-state index in [0.29, 0.717) is 6.54 Å². The maximum Gasteiger partial charge on any atom is 0.234 e. The fraction of sp³-hybridized carbons (Fsp3) is 0.385. The Morgan fingerprint density at radius 1 is 1.53 bits per heavy atom. The van der Waals surface area contributed by atoms with Crippen molar-refractivity contribution in [1.82, 2.24) is 5.32 Å². The second-order valence-corrected chi connectivity index (χ2v) is 5.42. The van der Waals surface area contributed by atoms with Gasteiger partial charge < -0.3 is 5.32 Å². The lowest BCUT2D eigenvalue weighted by Crippen LogP contribution is -2.36. The second-order valence-electron chi connectivity index (χ2n) is 4.51. The molecule has 1 rings (SSSR count). The van der Waals surface area contributed by atoms with E-state index in [2.05, 4.69) is 35.1 Å². The molecule has 1 aromatic rings. The van der Waals surface area contributed by atoms with Gasteiger partial charge in [0.25, 0.3) is 0 Å². The molecular weight excluding hydrogens is 280 g/mol. The van der Waals surface area contributed by atoms with Crippen molar-refractivity contribution < 1.29 is 4.79 Å². The number of nitrogens with zero attached hydrogens (tertiary/aromatic N) is 1. The Kier molecular flexibility index (Phi) is 4.71. The summed E-state index contributed by atoms with van der Waals surface area (Å²) in [7, 11) is 0. The predicted molar refractivity (Wildman–Crippen MR) is 70.4 cm³/mol. The van der Waals surface area contributed by atoms with Crippen molar-refractivity contribution in [2.24, 2.45) is 0 Å². The van der Waals surface area contributed by atoms with Crippen molar-refractivity contribution in [3.8, 4) is 6.07 Å². The molecule has 0 aliphatic carbocycles. The molecule has 0 fully saturated rings. The van der Waals surface area contributed by atoms with Gasteiger partial charge in [0.05, 0.1) is 6.07 Å². The van der Waals surface area contributed by atoms with Crippen molar-refractivity contribution in [2.45, 2.75) is 25.7 Å². The molecule has 0 saturated heterocycles. The summed E-state index contributed by atoms with van der Waals surface area (Å²) in [4.78, 5) is 11.2. The highest BCUT2D eigenvalue weighted by molar-refractivity contribution is 9.10. The molecule has 0 aliphatic heterocycles. The van der Waals surface area contributed by atoms with Gasteiger partial charge in [0, 0.05) is 16.4 Å². The van der Waals surface area contributed by atoms with Gasteiger partial charge in [0.1, 0.15) is 6.42 Å². The van der Waals surface area contributed by atoms with Crippen molar-refractivity contribution in [2.75, 3.05) is 6.54 Å². The highest BCUT2D eigenvalue weighted by Crippen LogP contribution is 2.24. The molecule has 0 bridgehead atoms. The van der Waals surface area contributed by atoms with E-state index in [4.69, 9.17) is 5.26 Å². The second kappa shape index (κ2) is 5.83. The number of halogens is 1. The molecule has 0 heterocycles. The molecule has 17 heavy (non-hydrogen) atoms. The lowest BCUT2D eigenvalue weighted by atomic mass is 9.84. The largest absolute Gasteiger partial charge is 0.354 e. The molecule has 0 radical (unpaired) electrons. The van der Waals surface area contributed by atoms with Crippen LogP contribution in [0.3, 0.4) is 0 Å². The van der Waals surface area contributed by atoms with Crippen LogP contribution < -0.4 is 5.32 Å². The van der Waals surface area contributed by atoms with Gasteiger partial charge in [0.2, 0.25) is 5.91 Å². The number of hydrogen-bond donors (Lipinski definition) is 1. The van der Waals surface area contributed by atoms with Gasteiger partial charge in [-0.05, 0) is 17.7 Å². The summed E-state index contributed by atoms with van der Waals surface area (Å²) in [6.07, 6.45) is -0.0887. The molecule has 1 aromatic carbocycles. The summed E-state index contributed by atoms with van der Waals surface area (Å²) in [5, 5.41) is 11.2. The number of nitriles is 1.